The summed E-state index contributed by atoms with van der Waals surface area (Å²) in [5.41, 5.74) is 8.25. The molecule has 1 atom stereocenters. The summed E-state index contributed by atoms with van der Waals surface area (Å²) in [5, 5.41) is 6.36. The fourth-order valence-corrected chi connectivity index (χ4v) is 2.54. The first-order valence-corrected chi connectivity index (χ1v) is 7.31. The van der Waals surface area contributed by atoms with E-state index < -0.39 is 6.04 Å². The Morgan fingerprint density at radius 3 is 2.55 bits per heavy atom. The molecule has 110 valence electrons. The zero-order chi connectivity index (χ0) is 14.6. The highest BCUT2D eigenvalue weighted by Gasteiger charge is 2.28. The van der Waals surface area contributed by atoms with Gasteiger partial charge in [-0.05, 0) is 43.8 Å². The summed E-state index contributed by atoms with van der Waals surface area (Å²) in [6.07, 6.45) is 2.18. The van der Waals surface area contributed by atoms with Crippen LogP contribution in [0.3, 0.4) is 0 Å². The van der Waals surface area contributed by atoms with E-state index in [1.165, 1.54) is 5.56 Å². The summed E-state index contributed by atoms with van der Waals surface area (Å²) in [5.74, 6) is -0.0892. The Bertz CT molecular complexity index is 449. The molecule has 1 heterocycles. The third-order valence-corrected chi connectivity index (χ3v) is 4.22. The average Bonchev–Trinajstić information content (AvgIpc) is 2.46. The van der Waals surface area contributed by atoms with Crippen LogP contribution in [0.15, 0.2) is 24.3 Å². The third-order valence-electron chi connectivity index (χ3n) is 4.22. The molecule has 1 amide bonds. The van der Waals surface area contributed by atoms with Crippen molar-refractivity contribution in [3.8, 4) is 0 Å². The molecule has 0 radical (unpaired) electrons. The molecule has 1 aliphatic rings. The van der Waals surface area contributed by atoms with E-state index in [4.69, 9.17) is 5.73 Å². The van der Waals surface area contributed by atoms with Gasteiger partial charge in [0.15, 0.2) is 0 Å². The van der Waals surface area contributed by atoms with Crippen molar-refractivity contribution in [2.45, 2.75) is 32.7 Å². The van der Waals surface area contributed by atoms with Crippen LogP contribution in [0, 0.1) is 12.3 Å². The van der Waals surface area contributed by atoms with Gasteiger partial charge in [0.2, 0.25) is 5.91 Å². The van der Waals surface area contributed by atoms with Gasteiger partial charge in [0.05, 0.1) is 0 Å². The largest absolute Gasteiger partial charge is 0.354 e. The number of piperidine rings is 1. The molecular weight excluding hydrogens is 250 g/mol. The SMILES string of the molecule is Cc1ccc(C(N)C(=O)NCC2(C)CCNCC2)cc1. The van der Waals surface area contributed by atoms with Crippen molar-refractivity contribution >= 4 is 5.91 Å². The van der Waals surface area contributed by atoms with Gasteiger partial charge < -0.3 is 16.4 Å². The Morgan fingerprint density at radius 2 is 1.95 bits per heavy atom. The van der Waals surface area contributed by atoms with Crippen LogP contribution in [0.1, 0.15) is 36.9 Å². The number of carbonyl (C=O) groups is 1. The molecule has 2 rings (SSSR count). The quantitative estimate of drug-likeness (QED) is 0.780. The van der Waals surface area contributed by atoms with Crippen molar-refractivity contribution in [1.82, 2.24) is 10.6 Å². The van der Waals surface area contributed by atoms with Crippen LogP contribution in [0.5, 0.6) is 0 Å². The number of nitrogens with two attached hydrogens (primary N) is 1. The Balaban J connectivity index is 1.89. The molecule has 1 fully saturated rings. The predicted octanol–water partition coefficient (Wildman–Crippen LogP) is 1.50. The molecule has 4 heteroatoms. The predicted molar refractivity (Wildman–Crippen MR) is 81.3 cm³/mol. The van der Waals surface area contributed by atoms with Crippen molar-refractivity contribution in [1.29, 1.82) is 0 Å². The highest BCUT2D eigenvalue weighted by atomic mass is 16.2. The van der Waals surface area contributed by atoms with Gasteiger partial charge in [-0.25, -0.2) is 0 Å². The molecule has 0 bridgehead atoms. The molecule has 1 aliphatic heterocycles. The fourth-order valence-electron chi connectivity index (χ4n) is 2.54. The lowest BCUT2D eigenvalue weighted by atomic mass is 9.81. The van der Waals surface area contributed by atoms with Crippen LogP contribution in [0.4, 0.5) is 0 Å². The van der Waals surface area contributed by atoms with E-state index in [1.807, 2.05) is 31.2 Å². The van der Waals surface area contributed by atoms with Gasteiger partial charge >= 0.3 is 0 Å². The van der Waals surface area contributed by atoms with Crippen molar-refractivity contribution in [3.05, 3.63) is 35.4 Å². The highest BCUT2D eigenvalue weighted by Crippen LogP contribution is 2.26. The Hall–Kier alpha value is -1.39. The van der Waals surface area contributed by atoms with Gasteiger partial charge in [0.25, 0.3) is 0 Å². The smallest absolute Gasteiger partial charge is 0.241 e. The molecule has 0 spiro atoms. The molecule has 1 aromatic rings. The number of benzene rings is 1. The van der Waals surface area contributed by atoms with Gasteiger partial charge in [-0.3, -0.25) is 4.79 Å². The summed E-state index contributed by atoms with van der Waals surface area (Å²) in [6, 6.07) is 7.23. The lowest BCUT2D eigenvalue weighted by Gasteiger charge is -2.34. The van der Waals surface area contributed by atoms with Gasteiger partial charge in [0.1, 0.15) is 6.04 Å². The first-order chi connectivity index (χ1) is 9.50. The molecule has 4 nitrogen and oxygen atoms in total. The molecule has 1 aromatic carbocycles. The second kappa shape index (κ2) is 6.37. The molecule has 0 aromatic heterocycles. The van der Waals surface area contributed by atoms with E-state index in [2.05, 4.69) is 17.6 Å². The van der Waals surface area contributed by atoms with Crippen LogP contribution < -0.4 is 16.4 Å². The first kappa shape index (κ1) is 15.0. The normalized spacial score (nSPS) is 19.4. The zero-order valence-corrected chi connectivity index (χ0v) is 12.4. The summed E-state index contributed by atoms with van der Waals surface area (Å²) < 4.78 is 0. The van der Waals surface area contributed by atoms with Crippen LogP contribution >= 0.6 is 0 Å². The van der Waals surface area contributed by atoms with Crippen LogP contribution in [0.2, 0.25) is 0 Å². The monoisotopic (exact) mass is 275 g/mol. The Labute approximate surface area is 121 Å². The molecule has 0 aliphatic carbocycles. The molecule has 1 unspecified atom stereocenters. The molecule has 1 saturated heterocycles. The van der Waals surface area contributed by atoms with E-state index in [9.17, 15) is 4.79 Å². The van der Waals surface area contributed by atoms with Crippen LogP contribution in [0.25, 0.3) is 0 Å². The number of aryl methyl sites for hydroxylation is 1. The fraction of sp³-hybridized carbons (Fsp3) is 0.562. The summed E-state index contributed by atoms with van der Waals surface area (Å²) >= 11 is 0. The maximum absolute atomic E-state index is 12.2. The number of rotatable bonds is 4. The minimum atomic E-state index is -0.582. The lowest BCUT2D eigenvalue weighted by molar-refractivity contribution is -0.123. The van der Waals surface area contributed by atoms with Gasteiger partial charge in [-0.2, -0.15) is 0 Å². The molecular formula is C16H25N3O. The van der Waals surface area contributed by atoms with Crippen molar-refractivity contribution in [2.24, 2.45) is 11.1 Å². The summed E-state index contributed by atoms with van der Waals surface area (Å²) in [4.78, 5) is 12.2. The zero-order valence-electron chi connectivity index (χ0n) is 12.4. The second-order valence-electron chi connectivity index (χ2n) is 6.17. The van der Waals surface area contributed by atoms with Gasteiger partial charge in [-0.15, -0.1) is 0 Å². The molecule has 20 heavy (non-hydrogen) atoms. The van der Waals surface area contributed by atoms with E-state index in [0.29, 0.717) is 6.54 Å². The van der Waals surface area contributed by atoms with E-state index in [1.54, 1.807) is 0 Å². The first-order valence-electron chi connectivity index (χ1n) is 7.31. The summed E-state index contributed by atoms with van der Waals surface area (Å²) in [6.45, 7) is 7.00. The van der Waals surface area contributed by atoms with Gasteiger partial charge in [0, 0.05) is 6.54 Å². The third kappa shape index (κ3) is 3.81. The standard InChI is InChI=1S/C16H25N3O/c1-12-3-5-13(6-4-12)14(17)15(20)19-11-16(2)7-9-18-10-8-16/h3-6,14,18H,7-11,17H2,1-2H3,(H,19,20). The molecule has 4 N–H and O–H groups in total. The van der Waals surface area contributed by atoms with Gasteiger partial charge in [-0.1, -0.05) is 36.8 Å². The number of hydrogen-bond donors (Lipinski definition) is 3. The maximum Gasteiger partial charge on any atom is 0.241 e. The number of nitrogens with one attached hydrogen (secondary N) is 2. The van der Waals surface area contributed by atoms with E-state index >= 15 is 0 Å². The van der Waals surface area contributed by atoms with E-state index in [0.717, 1.165) is 31.5 Å². The average molecular weight is 275 g/mol. The van der Waals surface area contributed by atoms with Crippen molar-refractivity contribution in [3.63, 3.8) is 0 Å². The van der Waals surface area contributed by atoms with Crippen molar-refractivity contribution < 1.29 is 4.79 Å². The number of amides is 1. The Morgan fingerprint density at radius 1 is 1.35 bits per heavy atom. The number of carbonyl (C=O) groups excluding carboxylic acids is 1. The highest BCUT2D eigenvalue weighted by molar-refractivity contribution is 5.82. The molecule has 0 saturated carbocycles. The minimum Gasteiger partial charge on any atom is -0.354 e. The van der Waals surface area contributed by atoms with Crippen LogP contribution in [-0.4, -0.2) is 25.5 Å². The maximum atomic E-state index is 12.2. The van der Waals surface area contributed by atoms with Crippen LogP contribution in [-0.2, 0) is 4.79 Å². The van der Waals surface area contributed by atoms with Crippen molar-refractivity contribution in [2.75, 3.05) is 19.6 Å². The Kier molecular flexibility index (Phi) is 4.78. The lowest BCUT2D eigenvalue weighted by Crippen LogP contribution is -2.45. The number of hydrogen-bond acceptors (Lipinski definition) is 3. The second-order valence-corrected chi connectivity index (χ2v) is 6.17. The van der Waals surface area contributed by atoms with E-state index in [-0.39, 0.29) is 11.3 Å². The minimum absolute atomic E-state index is 0.0892. The summed E-state index contributed by atoms with van der Waals surface area (Å²) in [7, 11) is 0. The topological polar surface area (TPSA) is 67.2 Å².